The van der Waals surface area contributed by atoms with Crippen molar-refractivity contribution < 1.29 is 9.32 Å². The number of nitrogens with zero attached hydrogens (tertiary/aromatic N) is 1. The molecule has 2 aromatic carbocycles. The first-order valence-electron chi connectivity index (χ1n) is 8.89. The molecule has 0 aliphatic heterocycles. The third-order valence-electron chi connectivity index (χ3n) is 3.79. The van der Waals surface area contributed by atoms with Gasteiger partial charge in [0.2, 0.25) is 0 Å². The summed E-state index contributed by atoms with van der Waals surface area (Å²) in [5.74, 6) is 1.19. The lowest BCUT2D eigenvalue weighted by molar-refractivity contribution is 0.170. The zero-order valence-electron chi connectivity index (χ0n) is 15.1. The van der Waals surface area contributed by atoms with Gasteiger partial charge >= 0.3 is 0 Å². The number of rotatable bonds is 9. The lowest BCUT2D eigenvalue weighted by Gasteiger charge is -2.13. The molecule has 0 aromatic heterocycles. The van der Waals surface area contributed by atoms with E-state index >= 15 is 0 Å². The molecule has 0 radical (unpaired) electrons. The van der Waals surface area contributed by atoms with Crippen molar-refractivity contribution in [2.45, 2.75) is 24.3 Å². The van der Waals surface area contributed by atoms with Gasteiger partial charge in [0.15, 0.2) is 5.96 Å². The number of benzene rings is 2. The van der Waals surface area contributed by atoms with Gasteiger partial charge < -0.3 is 15.7 Å². The summed E-state index contributed by atoms with van der Waals surface area (Å²) in [6, 6.07) is 19.0. The Labute approximate surface area is 158 Å². The van der Waals surface area contributed by atoms with Crippen molar-refractivity contribution >= 4 is 16.8 Å². The highest BCUT2D eigenvalue weighted by Crippen LogP contribution is 2.15. The standard InChI is InChI=1S/C20H27N3O2S/c1-2-21-20(22-14-13-19(24)17-9-5-3-6-10-17)23-15-16-26(25)18-11-7-4-8-12-18/h3-12,19,24H,2,13-16H2,1H3,(H2,21,22,23). The maximum atomic E-state index is 12.2. The minimum Gasteiger partial charge on any atom is -0.388 e. The number of hydrogen-bond donors (Lipinski definition) is 3. The van der Waals surface area contributed by atoms with Crippen LogP contribution in [0.5, 0.6) is 0 Å². The fraction of sp³-hybridized carbons (Fsp3) is 0.350. The first kappa shape index (κ1) is 20.1. The Hall–Kier alpha value is -2.18. The highest BCUT2D eigenvalue weighted by molar-refractivity contribution is 7.85. The van der Waals surface area contributed by atoms with E-state index in [2.05, 4.69) is 15.6 Å². The Morgan fingerprint density at radius 3 is 2.38 bits per heavy atom. The molecule has 0 heterocycles. The molecular weight excluding hydrogens is 346 g/mol. The molecule has 5 nitrogen and oxygen atoms in total. The second kappa shape index (κ2) is 11.4. The number of aliphatic hydroxyl groups is 1. The van der Waals surface area contributed by atoms with Crippen LogP contribution in [-0.2, 0) is 10.8 Å². The number of hydrogen-bond acceptors (Lipinski definition) is 3. The average molecular weight is 374 g/mol. The molecule has 2 atom stereocenters. The summed E-state index contributed by atoms with van der Waals surface area (Å²) in [6.45, 7) is 3.81. The van der Waals surface area contributed by atoms with Crippen molar-refractivity contribution in [2.75, 3.05) is 25.4 Å². The van der Waals surface area contributed by atoms with Crippen LogP contribution in [-0.4, -0.2) is 40.7 Å². The molecule has 2 unspecified atom stereocenters. The molecule has 140 valence electrons. The van der Waals surface area contributed by atoms with Gasteiger partial charge in [-0.2, -0.15) is 0 Å². The first-order chi connectivity index (χ1) is 12.7. The molecule has 2 aromatic rings. The van der Waals surface area contributed by atoms with Crippen LogP contribution in [0.3, 0.4) is 0 Å². The SMILES string of the molecule is CCNC(=NCCC(O)c1ccccc1)NCCS(=O)c1ccccc1. The molecule has 3 N–H and O–H groups in total. The van der Waals surface area contributed by atoms with Crippen molar-refractivity contribution in [1.29, 1.82) is 0 Å². The van der Waals surface area contributed by atoms with E-state index in [4.69, 9.17) is 0 Å². The fourth-order valence-electron chi connectivity index (χ4n) is 2.43. The molecule has 0 saturated heterocycles. The van der Waals surface area contributed by atoms with Crippen LogP contribution in [0, 0.1) is 0 Å². The summed E-state index contributed by atoms with van der Waals surface area (Å²) in [5.41, 5.74) is 0.902. The average Bonchev–Trinajstić information content (AvgIpc) is 2.69. The summed E-state index contributed by atoms with van der Waals surface area (Å²) >= 11 is 0. The van der Waals surface area contributed by atoms with Crippen LogP contribution in [0.2, 0.25) is 0 Å². The van der Waals surface area contributed by atoms with E-state index in [1.807, 2.05) is 67.6 Å². The minimum absolute atomic E-state index is 0.507. The van der Waals surface area contributed by atoms with Crippen LogP contribution in [0.4, 0.5) is 0 Å². The molecule has 0 bridgehead atoms. The van der Waals surface area contributed by atoms with E-state index < -0.39 is 16.9 Å². The third kappa shape index (κ3) is 6.98. The second-order valence-corrected chi connectivity index (χ2v) is 7.34. The van der Waals surface area contributed by atoms with Crippen LogP contribution in [0.25, 0.3) is 0 Å². The van der Waals surface area contributed by atoms with Crippen molar-refractivity contribution in [3.63, 3.8) is 0 Å². The highest BCUT2D eigenvalue weighted by Gasteiger charge is 2.07. The zero-order valence-corrected chi connectivity index (χ0v) is 15.9. The zero-order chi connectivity index (χ0) is 18.6. The molecular formula is C20H27N3O2S. The molecule has 0 aliphatic rings. The Balaban J connectivity index is 1.78. The van der Waals surface area contributed by atoms with Crippen LogP contribution >= 0.6 is 0 Å². The van der Waals surface area contributed by atoms with Crippen molar-refractivity contribution in [3.8, 4) is 0 Å². The Bertz CT molecular complexity index is 693. The molecule has 0 aliphatic carbocycles. The van der Waals surface area contributed by atoms with Crippen LogP contribution in [0.1, 0.15) is 25.0 Å². The van der Waals surface area contributed by atoms with E-state index in [0.29, 0.717) is 31.2 Å². The predicted octanol–water partition coefficient (Wildman–Crippen LogP) is 2.47. The van der Waals surface area contributed by atoms with Gasteiger partial charge in [-0.1, -0.05) is 48.5 Å². The lowest BCUT2D eigenvalue weighted by atomic mass is 10.1. The molecule has 6 heteroatoms. The second-order valence-electron chi connectivity index (χ2n) is 5.77. The largest absolute Gasteiger partial charge is 0.388 e. The maximum absolute atomic E-state index is 12.2. The monoisotopic (exact) mass is 373 g/mol. The summed E-state index contributed by atoms with van der Waals surface area (Å²) in [7, 11) is -1.03. The van der Waals surface area contributed by atoms with E-state index in [-0.39, 0.29) is 0 Å². The number of guanidine groups is 1. The summed E-state index contributed by atoms with van der Waals surface area (Å²) in [5, 5.41) is 16.6. The lowest BCUT2D eigenvalue weighted by Crippen LogP contribution is -2.39. The van der Waals surface area contributed by atoms with Gasteiger partial charge in [0, 0.05) is 30.3 Å². The third-order valence-corrected chi connectivity index (χ3v) is 5.16. The van der Waals surface area contributed by atoms with Gasteiger partial charge in [-0.15, -0.1) is 0 Å². The normalized spacial score (nSPS) is 13.8. The number of aliphatic hydroxyl groups excluding tert-OH is 1. The van der Waals surface area contributed by atoms with Gasteiger partial charge in [0.1, 0.15) is 0 Å². The molecule has 2 rings (SSSR count). The van der Waals surface area contributed by atoms with Gasteiger partial charge in [0.25, 0.3) is 0 Å². The smallest absolute Gasteiger partial charge is 0.191 e. The van der Waals surface area contributed by atoms with Gasteiger partial charge in [-0.05, 0) is 31.0 Å². The quantitative estimate of drug-likeness (QED) is 0.466. The van der Waals surface area contributed by atoms with Gasteiger partial charge in [-0.3, -0.25) is 9.20 Å². The Morgan fingerprint density at radius 1 is 1.08 bits per heavy atom. The number of aliphatic imine (C=N–C) groups is 1. The van der Waals surface area contributed by atoms with Gasteiger partial charge in [-0.25, -0.2) is 0 Å². The topological polar surface area (TPSA) is 73.7 Å². The Morgan fingerprint density at radius 2 is 1.73 bits per heavy atom. The van der Waals surface area contributed by atoms with Crippen LogP contribution in [0.15, 0.2) is 70.6 Å². The molecule has 0 saturated carbocycles. The molecule has 0 spiro atoms. The minimum atomic E-state index is -1.03. The summed E-state index contributed by atoms with van der Waals surface area (Å²) < 4.78 is 12.2. The van der Waals surface area contributed by atoms with E-state index in [0.717, 1.165) is 17.0 Å². The van der Waals surface area contributed by atoms with Crippen LogP contribution < -0.4 is 10.6 Å². The fourth-order valence-corrected chi connectivity index (χ4v) is 3.42. The Kier molecular flexibility index (Phi) is 8.86. The first-order valence-corrected chi connectivity index (χ1v) is 10.2. The summed E-state index contributed by atoms with van der Waals surface area (Å²) in [6.07, 6.45) is 0.0321. The van der Waals surface area contributed by atoms with Crippen molar-refractivity contribution in [1.82, 2.24) is 10.6 Å². The molecule has 0 fully saturated rings. The van der Waals surface area contributed by atoms with E-state index in [1.165, 1.54) is 0 Å². The predicted molar refractivity (Wildman–Crippen MR) is 108 cm³/mol. The van der Waals surface area contributed by atoms with E-state index in [1.54, 1.807) is 0 Å². The van der Waals surface area contributed by atoms with Crippen molar-refractivity contribution in [2.24, 2.45) is 4.99 Å². The molecule has 0 amide bonds. The van der Waals surface area contributed by atoms with Gasteiger partial charge in [0.05, 0.1) is 16.9 Å². The number of nitrogens with one attached hydrogen (secondary N) is 2. The van der Waals surface area contributed by atoms with Crippen molar-refractivity contribution in [3.05, 3.63) is 66.2 Å². The highest BCUT2D eigenvalue weighted by atomic mass is 32.2. The summed E-state index contributed by atoms with van der Waals surface area (Å²) in [4.78, 5) is 5.32. The van der Waals surface area contributed by atoms with E-state index in [9.17, 15) is 9.32 Å². The molecule has 26 heavy (non-hydrogen) atoms. The maximum Gasteiger partial charge on any atom is 0.191 e.